The Balaban J connectivity index is 0.000000243. The first-order valence-electron chi connectivity index (χ1n) is 3.34. The van der Waals surface area contributed by atoms with Gasteiger partial charge in [0, 0.05) is 24.5 Å². The minimum absolute atomic E-state index is 0.558. The third-order valence-electron chi connectivity index (χ3n) is 0.864. The zero-order valence-electron chi connectivity index (χ0n) is 6.68. The van der Waals surface area contributed by atoms with Gasteiger partial charge >= 0.3 is 11.9 Å². The molecule has 13 heavy (non-hydrogen) atoms. The quantitative estimate of drug-likeness (QED) is 0.589. The second kappa shape index (κ2) is 6.66. The van der Waals surface area contributed by atoms with E-state index in [0.29, 0.717) is 12.2 Å². The standard InChI is InChI=1S/C4H5N.C4H4O4/c1-2-4-5-3-1;5-3(6)1-2-4(7)8/h1-5H;1-2H,(H,5,6)(H,7,8)/b;2-1-. The molecule has 0 spiro atoms. The van der Waals surface area contributed by atoms with E-state index >= 15 is 0 Å². The summed E-state index contributed by atoms with van der Waals surface area (Å²) in [7, 11) is 0. The largest absolute Gasteiger partial charge is 0.478 e. The van der Waals surface area contributed by atoms with Crippen LogP contribution in [0.25, 0.3) is 0 Å². The maximum Gasteiger partial charge on any atom is 0.328 e. The average Bonchev–Trinajstić information content (AvgIpc) is 2.57. The Morgan fingerprint density at radius 2 is 1.38 bits per heavy atom. The van der Waals surface area contributed by atoms with Crippen molar-refractivity contribution in [3.8, 4) is 0 Å². The van der Waals surface area contributed by atoms with Crippen LogP contribution in [-0.4, -0.2) is 27.1 Å². The summed E-state index contributed by atoms with van der Waals surface area (Å²) in [4.78, 5) is 22.0. The third-order valence-corrected chi connectivity index (χ3v) is 0.864. The first kappa shape index (κ1) is 11.0. The molecule has 5 heteroatoms. The number of hydrogen-bond acceptors (Lipinski definition) is 2. The number of H-pyrrole nitrogens is 1. The lowest BCUT2D eigenvalue weighted by molar-refractivity contribution is -0.134. The van der Waals surface area contributed by atoms with Gasteiger partial charge in [0.2, 0.25) is 0 Å². The van der Waals surface area contributed by atoms with Crippen LogP contribution < -0.4 is 0 Å². The lowest BCUT2D eigenvalue weighted by Crippen LogP contribution is -1.91. The molecule has 0 radical (unpaired) electrons. The van der Waals surface area contributed by atoms with Gasteiger partial charge in [-0.25, -0.2) is 9.59 Å². The van der Waals surface area contributed by atoms with E-state index in [-0.39, 0.29) is 0 Å². The van der Waals surface area contributed by atoms with Gasteiger partial charge < -0.3 is 15.2 Å². The van der Waals surface area contributed by atoms with Gasteiger partial charge in [-0.05, 0) is 12.1 Å². The number of nitrogens with one attached hydrogen (secondary N) is 1. The highest BCUT2D eigenvalue weighted by atomic mass is 16.4. The van der Waals surface area contributed by atoms with Crippen molar-refractivity contribution < 1.29 is 19.8 Å². The lowest BCUT2D eigenvalue weighted by atomic mass is 10.5. The monoisotopic (exact) mass is 183 g/mol. The average molecular weight is 183 g/mol. The highest BCUT2D eigenvalue weighted by Gasteiger charge is 1.88. The molecule has 5 nitrogen and oxygen atoms in total. The highest BCUT2D eigenvalue weighted by Crippen LogP contribution is 1.72. The Morgan fingerprint density at radius 1 is 1.00 bits per heavy atom. The molecule has 3 N–H and O–H groups in total. The van der Waals surface area contributed by atoms with Crippen molar-refractivity contribution >= 4 is 11.9 Å². The van der Waals surface area contributed by atoms with E-state index in [0.717, 1.165) is 0 Å². The molecule has 0 fully saturated rings. The fourth-order valence-electron chi connectivity index (χ4n) is 0.420. The molecule has 0 saturated carbocycles. The lowest BCUT2D eigenvalue weighted by Gasteiger charge is -1.74. The molecule has 0 amide bonds. The van der Waals surface area contributed by atoms with E-state index in [1.165, 1.54) is 0 Å². The molecule has 1 aromatic rings. The molecule has 1 rings (SSSR count). The Kier molecular flexibility index (Phi) is 5.61. The van der Waals surface area contributed by atoms with E-state index in [2.05, 4.69) is 4.98 Å². The summed E-state index contributed by atoms with van der Waals surface area (Å²) in [5.41, 5.74) is 0. The van der Waals surface area contributed by atoms with Crippen molar-refractivity contribution in [3.63, 3.8) is 0 Å². The minimum atomic E-state index is -1.26. The molecule has 0 aliphatic carbocycles. The summed E-state index contributed by atoms with van der Waals surface area (Å²) in [6, 6.07) is 3.89. The number of carbonyl (C=O) groups is 2. The number of carboxylic acid groups (broad SMARTS) is 2. The van der Waals surface area contributed by atoms with Crippen LogP contribution in [0.5, 0.6) is 0 Å². The highest BCUT2D eigenvalue weighted by molar-refractivity contribution is 5.89. The van der Waals surface area contributed by atoms with E-state index < -0.39 is 11.9 Å². The molecule has 0 saturated heterocycles. The molecule has 0 aliphatic rings. The van der Waals surface area contributed by atoms with Crippen LogP contribution in [0.4, 0.5) is 0 Å². The van der Waals surface area contributed by atoms with Crippen molar-refractivity contribution in [2.75, 3.05) is 0 Å². The first-order chi connectivity index (χ1) is 6.13. The molecule has 70 valence electrons. The van der Waals surface area contributed by atoms with E-state index in [9.17, 15) is 9.59 Å². The number of aromatic nitrogens is 1. The molecular weight excluding hydrogens is 174 g/mol. The van der Waals surface area contributed by atoms with E-state index in [1.54, 1.807) is 0 Å². The Bertz CT molecular complexity index is 243. The van der Waals surface area contributed by atoms with Gasteiger partial charge in [-0.2, -0.15) is 0 Å². The maximum absolute atomic E-state index is 9.55. The van der Waals surface area contributed by atoms with Crippen molar-refractivity contribution in [3.05, 3.63) is 36.7 Å². The predicted octanol–water partition coefficient (Wildman–Crippen LogP) is 0.727. The van der Waals surface area contributed by atoms with Gasteiger partial charge in [-0.15, -0.1) is 0 Å². The second-order valence-corrected chi connectivity index (χ2v) is 1.89. The van der Waals surface area contributed by atoms with Gasteiger partial charge in [0.1, 0.15) is 0 Å². The van der Waals surface area contributed by atoms with Crippen molar-refractivity contribution in [1.82, 2.24) is 4.98 Å². The summed E-state index contributed by atoms with van der Waals surface area (Å²) in [5, 5.41) is 15.6. The summed E-state index contributed by atoms with van der Waals surface area (Å²) >= 11 is 0. The normalized spacial score (nSPS) is 8.92. The zero-order chi connectivity index (χ0) is 10.1. The van der Waals surface area contributed by atoms with Crippen molar-refractivity contribution in [2.24, 2.45) is 0 Å². The summed E-state index contributed by atoms with van der Waals surface area (Å²) in [5.74, 6) is -2.51. The Morgan fingerprint density at radius 3 is 1.54 bits per heavy atom. The van der Waals surface area contributed by atoms with Gasteiger partial charge in [-0.1, -0.05) is 0 Å². The zero-order valence-corrected chi connectivity index (χ0v) is 6.68. The van der Waals surface area contributed by atoms with E-state index in [1.807, 2.05) is 24.5 Å². The first-order valence-corrected chi connectivity index (χ1v) is 3.34. The number of carboxylic acids is 2. The Labute approximate surface area is 74.3 Å². The van der Waals surface area contributed by atoms with Gasteiger partial charge in [-0.3, -0.25) is 0 Å². The molecule has 0 bridgehead atoms. The number of rotatable bonds is 2. The van der Waals surface area contributed by atoms with Gasteiger partial charge in [0.15, 0.2) is 0 Å². The van der Waals surface area contributed by atoms with Crippen molar-refractivity contribution in [1.29, 1.82) is 0 Å². The van der Waals surface area contributed by atoms with Crippen LogP contribution in [0.15, 0.2) is 36.7 Å². The van der Waals surface area contributed by atoms with Crippen LogP contribution >= 0.6 is 0 Å². The van der Waals surface area contributed by atoms with Crippen LogP contribution in [0.3, 0.4) is 0 Å². The van der Waals surface area contributed by atoms with Gasteiger partial charge in [0.05, 0.1) is 0 Å². The topological polar surface area (TPSA) is 90.4 Å². The molecule has 0 aromatic carbocycles. The summed E-state index contributed by atoms with van der Waals surface area (Å²) < 4.78 is 0. The van der Waals surface area contributed by atoms with Crippen LogP contribution in [0.1, 0.15) is 0 Å². The molecule has 1 aromatic heterocycles. The van der Waals surface area contributed by atoms with Crippen LogP contribution in [0, 0.1) is 0 Å². The Hall–Kier alpha value is -2.04. The third kappa shape index (κ3) is 9.96. The SMILES string of the molecule is O=C(O)/C=C\C(=O)O.c1cc[nH]c1. The number of aromatic amines is 1. The van der Waals surface area contributed by atoms with Crippen molar-refractivity contribution in [2.45, 2.75) is 0 Å². The van der Waals surface area contributed by atoms with Crippen LogP contribution in [0.2, 0.25) is 0 Å². The summed E-state index contributed by atoms with van der Waals surface area (Å²) in [6.45, 7) is 0. The van der Waals surface area contributed by atoms with E-state index in [4.69, 9.17) is 10.2 Å². The fourth-order valence-corrected chi connectivity index (χ4v) is 0.420. The number of hydrogen-bond donors (Lipinski definition) is 3. The second-order valence-electron chi connectivity index (χ2n) is 1.89. The molecular formula is C8H9NO4. The minimum Gasteiger partial charge on any atom is -0.478 e. The van der Waals surface area contributed by atoms with Gasteiger partial charge in [0.25, 0.3) is 0 Å². The number of aliphatic carboxylic acids is 2. The summed E-state index contributed by atoms with van der Waals surface area (Å²) in [6.07, 6.45) is 4.87. The van der Waals surface area contributed by atoms with Crippen LogP contribution in [-0.2, 0) is 9.59 Å². The smallest absolute Gasteiger partial charge is 0.328 e. The maximum atomic E-state index is 9.55. The molecule has 0 unspecified atom stereocenters. The molecule has 0 atom stereocenters. The predicted molar refractivity (Wildman–Crippen MR) is 45.2 cm³/mol. The fraction of sp³-hybridized carbons (Fsp3) is 0. The molecule has 1 heterocycles. The molecule has 0 aliphatic heterocycles.